The Morgan fingerprint density at radius 3 is 2.62 bits per heavy atom. The highest BCUT2D eigenvalue weighted by atomic mass is 19.1. The lowest BCUT2D eigenvalue weighted by atomic mass is 9.89. The fourth-order valence-electron chi connectivity index (χ4n) is 6.07. The lowest BCUT2D eigenvalue weighted by Crippen LogP contribution is -2.55. The molecule has 2 N–H and O–H groups in total. The molecule has 10 nitrogen and oxygen atoms in total. The molecule has 1 aliphatic carbocycles. The number of ether oxygens (including phenoxy) is 3. The monoisotopic (exact) mass is 619 g/mol. The van der Waals surface area contributed by atoms with Crippen molar-refractivity contribution in [3.05, 3.63) is 71.2 Å². The number of nitrogens with zero attached hydrogens (tertiary/aromatic N) is 3. The first kappa shape index (κ1) is 31.9. The van der Waals surface area contributed by atoms with E-state index in [0.717, 1.165) is 30.4 Å². The number of alkyl carbamates (subject to hydrolysis) is 1. The number of pyridine rings is 1. The second-order valence-electron chi connectivity index (χ2n) is 12.5. The van der Waals surface area contributed by atoms with E-state index in [1.807, 2.05) is 45.0 Å². The molecule has 0 saturated heterocycles. The highest BCUT2D eigenvalue weighted by Gasteiger charge is 2.40. The molecular weight excluding hydrogens is 577 g/mol. The van der Waals surface area contributed by atoms with Gasteiger partial charge in [0, 0.05) is 48.1 Å². The van der Waals surface area contributed by atoms with Crippen LogP contribution in [0.5, 0.6) is 11.5 Å². The minimum atomic E-state index is -0.621. The fraction of sp³-hybridized carbons (Fsp3) is 0.441. The summed E-state index contributed by atoms with van der Waals surface area (Å²) in [6.45, 7) is 7.87. The van der Waals surface area contributed by atoms with Crippen LogP contribution in [0.1, 0.15) is 63.1 Å². The van der Waals surface area contributed by atoms with Gasteiger partial charge in [-0.05, 0) is 77.1 Å². The Morgan fingerprint density at radius 2 is 1.91 bits per heavy atom. The molecule has 3 amide bonds. The first-order chi connectivity index (χ1) is 21.5. The minimum Gasteiger partial charge on any atom is -0.497 e. The third-order valence-corrected chi connectivity index (χ3v) is 8.13. The molecule has 1 aromatic heterocycles. The molecule has 2 unspecified atom stereocenters. The zero-order valence-corrected chi connectivity index (χ0v) is 26.8. The molecule has 1 saturated carbocycles. The van der Waals surface area contributed by atoms with Crippen LogP contribution in [0.2, 0.25) is 0 Å². The summed E-state index contributed by atoms with van der Waals surface area (Å²) >= 11 is 0. The van der Waals surface area contributed by atoms with Crippen molar-refractivity contribution in [1.29, 1.82) is 0 Å². The molecule has 1 fully saturated rings. The van der Waals surface area contributed by atoms with Crippen molar-refractivity contribution < 1.29 is 28.2 Å². The summed E-state index contributed by atoms with van der Waals surface area (Å²) in [6.07, 6.45) is 4.10. The van der Waals surface area contributed by atoms with Crippen molar-refractivity contribution in [2.24, 2.45) is 0 Å². The number of carbonyl (C=O) groups is 2. The summed E-state index contributed by atoms with van der Waals surface area (Å²) in [5.74, 6) is 1.50. The Hall–Kier alpha value is -4.54. The second kappa shape index (κ2) is 13.2. The number of methoxy groups -OCH3 is 2. The summed E-state index contributed by atoms with van der Waals surface area (Å²) in [5, 5.41) is 6.36. The van der Waals surface area contributed by atoms with Crippen LogP contribution in [0.25, 0.3) is 0 Å². The highest BCUT2D eigenvalue weighted by molar-refractivity contribution is 6.07. The Kier molecular flexibility index (Phi) is 9.36. The van der Waals surface area contributed by atoms with Crippen LogP contribution in [0.3, 0.4) is 0 Å². The normalized spacial score (nSPS) is 18.2. The molecule has 3 aromatic rings. The minimum absolute atomic E-state index is 0.178. The van der Waals surface area contributed by atoms with Gasteiger partial charge in [-0.3, -0.25) is 9.80 Å². The lowest BCUT2D eigenvalue weighted by Gasteiger charge is -2.44. The van der Waals surface area contributed by atoms with E-state index in [9.17, 15) is 9.59 Å². The fourth-order valence-corrected chi connectivity index (χ4v) is 6.07. The molecule has 0 radical (unpaired) electrons. The van der Waals surface area contributed by atoms with E-state index in [2.05, 4.69) is 15.6 Å². The quantitative estimate of drug-likeness (QED) is 0.281. The molecule has 2 aromatic carbocycles. The molecule has 11 heteroatoms. The van der Waals surface area contributed by atoms with E-state index in [0.29, 0.717) is 41.5 Å². The number of aromatic nitrogens is 1. The molecular formula is C34H42FN5O5. The molecule has 1 aliphatic heterocycles. The Balaban J connectivity index is 1.45. The summed E-state index contributed by atoms with van der Waals surface area (Å²) in [4.78, 5) is 34.9. The number of hydrogen-bond acceptors (Lipinski definition) is 7. The van der Waals surface area contributed by atoms with Gasteiger partial charge in [0.15, 0.2) is 0 Å². The standard InChI is InChI=1S/C34H42FN5O5/c1-21-9-7-12-27(35)31(21)39-20-23-19-37-30(36-18-22-13-14-26(43-5)16-29(22)44-6)17-28(23)40(33(39)42)25-11-8-10-24(15-25)38-32(41)45-34(2,3)4/h7,9,12-14,16-17,19,24-25H,8,10-11,15,18,20H2,1-6H3,(H,36,37)(H,38,41). The average molecular weight is 620 g/mol. The predicted octanol–water partition coefficient (Wildman–Crippen LogP) is 6.94. The van der Waals surface area contributed by atoms with Gasteiger partial charge in [0.1, 0.15) is 28.7 Å². The molecule has 0 spiro atoms. The van der Waals surface area contributed by atoms with Crippen LogP contribution in [0.4, 0.5) is 31.2 Å². The number of nitrogens with one attached hydrogen (secondary N) is 2. The number of fused-ring (bicyclic) bond motifs is 1. The number of halogens is 1. The third kappa shape index (κ3) is 7.24. The largest absolute Gasteiger partial charge is 0.497 e. The molecule has 2 atom stereocenters. The summed E-state index contributed by atoms with van der Waals surface area (Å²) in [5.41, 5.74) is 2.73. The number of carbonyl (C=O) groups excluding carboxylic acids is 2. The molecule has 45 heavy (non-hydrogen) atoms. The Labute approximate surface area is 263 Å². The second-order valence-corrected chi connectivity index (χ2v) is 12.5. The van der Waals surface area contributed by atoms with Crippen LogP contribution in [-0.4, -0.2) is 49.0 Å². The highest BCUT2D eigenvalue weighted by Crippen LogP contribution is 2.39. The van der Waals surface area contributed by atoms with E-state index in [1.165, 1.54) is 11.0 Å². The van der Waals surface area contributed by atoms with Crippen molar-refractivity contribution in [2.75, 3.05) is 29.3 Å². The summed E-state index contributed by atoms with van der Waals surface area (Å²) in [7, 11) is 3.21. The number of benzene rings is 2. The SMILES string of the molecule is COc1ccc(CNc2cc3c(cn2)CN(c2c(C)cccc2F)C(=O)N3C2CCCC(NC(=O)OC(C)(C)C)C2)c(OC)c1. The first-order valence-electron chi connectivity index (χ1n) is 15.3. The van der Waals surface area contributed by atoms with Gasteiger partial charge in [-0.15, -0.1) is 0 Å². The third-order valence-electron chi connectivity index (χ3n) is 8.13. The number of rotatable bonds is 8. The van der Waals surface area contributed by atoms with Crippen molar-refractivity contribution in [3.8, 4) is 11.5 Å². The van der Waals surface area contributed by atoms with Crippen molar-refractivity contribution in [2.45, 2.75) is 84.2 Å². The van der Waals surface area contributed by atoms with E-state index in [4.69, 9.17) is 14.2 Å². The molecule has 240 valence electrons. The zero-order valence-electron chi connectivity index (χ0n) is 26.8. The zero-order chi connectivity index (χ0) is 32.3. The van der Waals surface area contributed by atoms with Crippen LogP contribution in [0, 0.1) is 12.7 Å². The van der Waals surface area contributed by atoms with Crippen molar-refractivity contribution in [3.63, 3.8) is 0 Å². The molecule has 2 aliphatic rings. The molecule has 2 heterocycles. The van der Waals surface area contributed by atoms with Crippen LogP contribution >= 0.6 is 0 Å². The topological polar surface area (TPSA) is 105 Å². The van der Waals surface area contributed by atoms with Crippen molar-refractivity contribution in [1.82, 2.24) is 10.3 Å². The molecule has 5 rings (SSSR count). The average Bonchev–Trinajstić information content (AvgIpc) is 2.99. The van der Waals surface area contributed by atoms with Crippen LogP contribution in [0.15, 0.2) is 48.7 Å². The van der Waals surface area contributed by atoms with Gasteiger partial charge in [-0.2, -0.15) is 0 Å². The Morgan fingerprint density at radius 1 is 1.11 bits per heavy atom. The number of para-hydroxylation sites is 1. The number of anilines is 3. The number of hydrogen-bond donors (Lipinski definition) is 2. The van der Waals surface area contributed by atoms with Gasteiger partial charge in [0.05, 0.1) is 32.1 Å². The lowest BCUT2D eigenvalue weighted by molar-refractivity contribution is 0.0491. The summed E-state index contributed by atoms with van der Waals surface area (Å²) in [6, 6.07) is 11.6. The van der Waals surface area contributed by atoms with E-state index in [1.54, 1.807) is 44.4 Å². The number of amides is 3. The van der Waals surface area contributed by atoms with Gasteiger partial charge in [-0.1, -0.05) is 12.1 Å². The molecule has 0 bridgehead atoms. The number of aryl methyl sites for hydroxylation is 1. The van der Waals surface area contributed by atoms with Crippen LogP contribution < -0.4 is 29.9 Å². The van der Waals surface area contributed by atoms with Gasteiger partial charge < -0.3 is 24.8 Å². The number of urea groups is 1. The van der Waals surface area contributed by atoms with Gasteiger partial charge >= 0.3 is 12.1 Å². The van der Waals surface area contributed by atoms with Gasteiger partial charge in [0.25, 0.3) is 0 Å². The van der Waals surface area contributed by atoms with E-state index in [-0.39, 0.29) is 30.3 Å². The maximum Gasteiger partial charge on any atom is 0.407 e. The van der Waals surface area contributed by atoms with E-state index >= 15 is 4.39 Å². The maximum atomic E-state index is 15.2. The smallest absolute Gasteiger partial charge is 0.407 e. The van der Waals surface area contributed by atoms with Crippen molar-refractivity contribution >= 4 is 29.3 Å². The van der Waals surface area contributed by atoms with Gasteiger partial charge in [0.2, 0.25) is 0 Å². The van der Waals surface area contributed by atoms with E-state index < -0.39 is 17.5 Å². The van der Waals surface area contributed by atoms with Gasteiger partial charge in [-0.25, -0.2) is 19.0 Å². The predicted molar refractivity (Wildman–Crippen MR) is 172 cm³/mol. The summed E-state index contributed by atoms with van der Waals surface area (Å²) < 4.78 is 31.6. The Bertz CT molecular complexity index is 1540. The maximum absolute atomic E-state index is 15.2. The first-order valence-corrected chi connectivity index (χ1v) is 15.3. The van der Waals surface area contributed by atoms with Crippen LogP contribution in [-0.2, 0) is 17.8 Å².